The summed E-state index contributed by atoms with van der Waals surface area (Å²) in [6.07, 6.45) is -1.08. The van der Waals surface area contributed by atoms with E-state index in [1.54, 1.807) is 12.1 Å². The van der Waals surface area contributed by atoms with Gasteiger partial charge in [0.1, 0.15) is 35.9 Å². The van der Waals surface area contributed by atoms with Crippen LogP contribution < -0.4 is 15.0 Å². The van der Waals surface area contributed by atoms with Gasteiger partial charge in [0.15, 0.2) is 0 Å². The molecule has 2 aromatic carbocycles. The minimum atomic E-state index is -1.03. The monoisotopic (exact) mass is 394 g/mol. The number of amides is 2. The maximum Gasteiger partial charge on any atom is 0.407 e. The lowest BCUT2D eigenvalue weighted by Gasteiger charge is -2.17. The van der Waals surface area contributed by atoms with Gasteiger partial charge < -0.3 is 19.7 Å². The predicted octanol–water partition coefficient (Wildman–Crippen LogP) is 3.14. The Labute approximate surface area is 158 Å². The lowest BCUT2D eigenvalue weighted by molar-refractivity contribution is -0.117. The van der Waals surface area contributed by atoms with Crippen LogP contribution in [0, 0.1) is 17.5 Å². The molecule has 1 unspecified atom stereocenters. The molecule has 1 atom stereocenters. The van der Waals surface area contributed by atoms with E-state index < -0.39 is 36.3 Å². The van der Waals surface area contributed by atoms with Crippen molar-refractivity contribution >= 4 is 17.7 Å². The Morgan fingerprint density at radius 2 is 1.82 bits per heavy atom. The zero-order valence-electron chi connectivity index (χ0n) is 14.9. The van der Waals surface area contributed by atoms with Crippen molar-refractivity contribution in [3.8, 4) is 5.75 Å². The third kappa shape index (κ3) is 4.36. The lowest BCUT2D eigenvalue weighted by Crippen LogP contribution is -2.29. The zero-order chi connectivity index (χ0) is 20.3. The highest BCUT2D eigenvalue weighted by Crippen LogP contribution is 2.26. The summed E-state index contributed by atoms with van der Waals surface area (Å²) >= 11 is 0. The number of hydrogen-bond acceptors (Lipinski definition) is 4. The second-order valence-corrected chi connectivity index (χ2v) is 6.12. The van der Waals surface area contributed by atoms with E-state index in [2.05, 4.69) is 5.32 Å². The highest BCUT2D eigenvalue weighted by molar-refractivity contribution is 5.96. The van der Waals surface area contributed by atoms with Crippen molar-refractivity contribution < 1.29 is 32.2 Å². The number of halogens is 3. The Balaban J connectivity index is 1.63. The Hall–Kier alpha value is -3.23. The molecule has 9 heteroatoms. The molecule has 0 aliphatic carbocycles. The molecular formula is C19H17F3N2O4. The molecule has 1 heterocycles. The first kappa shape index (κ1) is 19.5. The molecule has 2 aromatic rings. The van der Waals surface area contributed by atoms with Crippen molar-refractivity contribution in [3.05, 3.63) is 59.4 Å². The normalized spacial score (nSPS) is 16.2. The fourth-order valence-electron chi connectivity index (χ4n) is 2.80. The minimum Gasteiger partial charge on any atom is -0.489 e. The van der Waals surface area contributed by atoms with E-state index in [0.717, 1.165) is 0 Å². The molecule has 1 aliphatic rings. The Morgan fingerprint density at radius 1 is 1.18 bits per heavy atom. The van der Waals surface area contributed by atoms with E-state index in [9.17, 15) is 22.8 Å². The third-order valence-electron chi connectivity index (χ3n) is 4.20. The summed E-state index contributed by atoms with van der Waals surface area (Å²) in [6.45, 7) is -0.194. The predicted molar refractivity (Wildman–Crippen MR) is 93.4 cm³/mol. The number of ether oxygens (including phenoxy) is 2. The van der Waals surface area contributed by atoms with Crippen LogP contribution in [0.3, 0.4) is 0 Å². The number of benzene rings is 2. The molecule has 1 N–H and O–H groups in total. The Bertz CT molecular complexity index is 866. The van der Waals surface area contributed by atoms with Crippen LogP contribution in [0.5, 0.6) is 5.75 Å². The van der Waals surface area contributed by atoms with Gasteiger partial charge in [0, 0.05) is 24.9 Å². The van der Waals surface area contributed by atoms with Gasteiger partial charge in [-0.3, -0.25) is 4.79 Å². The largest absolute Gasteiger partial charge is 0.489 e. The molecular weight excluding hydrogens is 377 g/mol. The van der Waals surface area contributed by atoms with Gasteiger partial charge in [0.25, 0.3) is 0 Å². The van der Waals surface area contributed by atoms with E-state index in [0.29, 0.717) is 23.6 Å². The molecule has 6 nitrogen and oxygen atoms in total. The maximum atomic E-state index is 13.6. The average Bonchev–Trinajstić information content (AvgIpc) is 3.01. The van der Waals surface area contributed by atoms with E-state index in [1.807, 2.05) is 0 Å². The number of nitrogens with one attached hydrogen (secondary N) is 1. The van der Waals surface area contributed by atoms with Crippen molar-refractivity contribution in [2.75, 3.05) is 18.5 Å². The standard InChI is InChI=1S/C19H17F3N2O4/c1-23-19(26)28-14-8-18(25)24(9-14)12-2-4-13(5-3-12)27-10-15-16(21)6-11(20)7-17(15)22/h2-7,14H,8-10H2,1H3,(H,23,26). The fraction of sp³-hybridized carbons (Fsp3) is 0.263. The average molecular weight is 394 g/mol. The van der Waals surface area contributed by atoms with Crippen molar-refractivity contribution in [2.24, 2.45) is 0 Å². The smallest absolute Gasteiger partial charge is 0.407 e. The van der Waals surface area contributed by atoms with Crippen molar-refractivity contribution in [3.63, 3.8) is 0 Å². The number of hydrogen-bond donors (Lipinski definition) is 1. The summed E-state index contributed by atoms with van der Waals surface area (Å²) < 4.78 is 50.6. The zero-order valence-corrected chi connectivity index (χ0v) is 14.9. The summed E-state index contributed by atoms with van der Waals surface area (Å²) in [5.74, 6) is -2.94. The third-order valence-corrected chi connectivity index (χ3v) is 4.20. The first-order valence-corrected chi connectivity index (χ1v) is 8.42. The maximum absolute atomic E-state index is 13.6. The summed E-state index contributed by atoms with van der Waals surface area (Å²) in [5, 5.41) is 2.33. The summed E-state index contributed by atoms with van der Waals surface area (Å²) in [5.41, 5.74) is 0.189. The minimum absolute atomic E-state index is 0.0782. The van der Waals surface area contributed by atoms with Crippen molar-refractivity contribution in [1.29, 1.82) is 0 Å². The second-order valence-electron chi connectivity index (χ2n) is 6.12. The van der Waals surface area contributed by atoms with Gasteiger partial charge in [-0.15, -0.1) is 0 Å². The molecule has 28 heavy (non-hydrogen) atoms. The van der Waals surface area contributed by atoms with E-state index in [-0.39, 0.29) is 24.4 Å². The number of carbonyl (C=O) groups is 2. The van der Waals surface area contributed by atoms with Crippen LogP contribution in [0.1, 0.15) is 12.0 Å². The summed E-state index contributed by atoms with van der Waals surface area (Å²) in [4.78, 5) is 24.9. The van der Waals surface area contributed by atoms with Crippen LogP contribution >= 0.6 is 0 Å². The van der Waals surface area contributed by atoms with E-state index in [1.165, 1.54) is 24.1 Å². The van der Waals surface area contributed by atoms with Gasteiger partial charge in [0.05, 0.1) is 18.5 Å². The van der Waals surface area contributed by atoms with Crippen LogP contribution in [0.2, 0.25) is 0 Å². The fourth-order valence-corrected chi connectivity index (χ4v) is 2.80. The molecule has 1 aliphatic heterocycles. The van der Waals surface area contributed by atoms with Crippen molar-refractivity contribution in [1.82, 2.24) is 5.32 Å². The lowest BCUT2D eigenvalue weighted by atomic mass is 10.2. The topological polar surface area (TPSA) is 67.9 Å². The van der Waals surface area contributed by atoms with Crippen LogP contribution in [0.4, 0.5) is 23.7 Å². The number of nitrogens with zero attached hydrogens (tertiary/aromatic N) is 1. The number of carbonyl (C=O) groups excluding carboxylic acids is 2. The molecule has 0 bridgehead atoms. The Kier molecular flexibility index (Phi) is 5.72. The van der Waals surface area contributed by atoms with Gasteiger partial charge in [-0.1, -0.05) is 0 Å². The van der Waals surface area contributed by atoms with Gasteiger partial charge >= 0.3 is 6.09 Å². The first-order chi connectivity index (χ1) is 13.4. The molecule has 0 aromatic heterocycles. The Morgan fingerprint density at radius 3 is 2.43 bits per heavy atom. The summed E-state index contributed by atoms with van der Waals surface area (Å²) in [6, 6.07) is 7.45. The molecule has 1 fully saturated rings. The van der Waals surface area contributed by atoms with E-state index in [4.69, 9.17) is 9.47 Å². The highest BCUT2D eigenvalue weighted by atomic mass is 19.1. The van der Waals surface area contributed by atoms with Crippen molar-refractivity contribution in [2.45, 2.75) is 19.1 Å². The van der Waals surface area contributed by atoms with Crippen LogP contribution in [-0.4, -0.2) is 31.7 Å². The first-order valence-electron chi connectivity index (χ1n) is 8.42. The van der Waals surface area contributed by atoms with Gasteiger partial charge in [-0.25, -0.2) is 18.0 Å². The molecule has 0 saturated carbocycles. The molecule has 3 rings (SSSR count). The SMILES string of the molecule is CNC(=O)OC1CC(=O)N(c2ccc(OCc3c(F)cc(F)cc3F)cc2)C1. The van der Waals surface area contributed by atoms with Gasteiger partial charge in [-0.2, -0.15) is 0 Å². The van der Waals surface area contributed by atoms with Gasteiger partial charge in [0.2, 0.25) is 5.91 Å². The summed E-state index contributed by atoms with van der Waals surface area (Å²) in [7, 11) is 1.43. The molecule has 2 amide bonds. The molecule has 0 radical (unpaired) electrons. The second kappa shape index (κ2) is 8.20. The number of alkyl carbamates (subject to hydrolysis) is 1. The van der Waals surface area contributed by atoms with Crippen LogP contribution in [0.25, 0.3) is 0 Å². The quantitative estimate of drug-likeness (QED) is 0.846. The molecule has 1 saturated heterocycles. The molecule has 0 spiro atoms. The highest BCUT2D eigenvalue weighted by Gasteiger charge is 2.33. The number of rotatable bonds is 5. The number of anilines is 1. The van der Waals surface area contributed by atoms with Crippen LogP contribution in [-0.2, 0) is 16.1 Å². The molecule has 148 valence electrons. The van der Waals surface area contributed by atoms with Gasteiger partial charge in [-0.05, 0) is 24.3 Å². The van der Waals surface area contributed by atoms with Crippen LogP contribution in [0.15, 0.2) is 36.4 Å². The van der Waals surface area contributed by atoms with E-state index >= 15 is 0 Å².